The highest BCUT2D eigenvalue weighted by Crippen LogP contribution is 2.34. The third-order valence-corrected chi connectivity index (χ3v) is 8.48. The molecule has 2 aromatic carbocycles. The van der Waals surface area contributed by atoms with Gasteiger partial charge in [-0.1, -0.05) is 62.2 Å². The van der Waals surface area contributed by atoms with Gasteiger partial charge >= 0.3 is 0 Å². The first kappa shape index (κ1) is 27.2. The van der Waals surface area contributed by atoms with Crippen molar-refractivity contribution >= 4 is 34.8 Å². The van der Waals surface area contributed by atoms with Gasteiger partial charge in [0.1, 0.15) is 12.4 Å². The highest BCUT2D eigenvalue weighted by atomic mass is 35.5. The van der Waals surface area contributed by atoms with E-state index in [1.165, 1.54) is 4.88 Å². The fourth-order valence-electron chi connectivity index (χ4n) is 4.65. The third kappa shape index (κ3) is 6.93. The summed E-state index contributed by atoms with van der Waals surface area (Å²) in [5.74, 6) is 0.984. The van der Waals surface area contributed by atoms with Crippen molar-refractivity contribution in [2.75, 3.05) is 26.2 Å². The number of ether oxygens (including phenoxy) is 1. The Morgan fingerprint density at radius 3 is 2.70 bits per heavy atom. The molecule has 7 heteroatoms. The van der Waals surface area contributed by atoms with Crippen molar-refractivity contribution < 1.29 is 14.3 Å². The topological polar surface area (TPSA) is 49.9 Å². The molecular formula is C30H35ClN2O3S. The van der Waals surface area contributed by atoms with Crippen molar-refractivity contribution in [3.63, 3.8) is 0 Å². The maximum absolute atomic E-state index is 13.7. The number of carbonyl (C=O) groups excluding carboxylic acids is 2. The summed E-state index contributed by atoms with van der Waals surface area (Å²) in [6.07, 6.45) is 2.06. The number of hydrogen-bond acceptors (Lipinski definition) is 4. The molecule has 4 rings (SSSR count). The monoisotopic (exact) mass is 538 g/mol. The highest BCUT2D eigenvalue weighted by Gasteiger charge is 2.33. The van der Waals surface area contributed by atoms with Gasteiger partial charge in [0, 0.05) is 23.0 Å². The molecule has 1 aliphatic rings. The second kappa shape index (κ2) is 12.6. The lowest BCUT2D eigenvalue weighted by Gasteiger charge is -2.37. The molecule has 0 saturated heterocycles. The smallest absolute Gasteiger partial charge is 0.242 e. The summed E-state index contributed by atoms with van der Waals surface area (Å²) in [6, 6.07) is 17.2. The summed E-state index contributed by atoms with van der Waals surface area (Å²) in [5.41, 5.74) is 3.04. The van der Waals surface area contributed by atoms with Gasteiger partial charge in [-0.05, 0) is 65.6 Å². The zero-order valence-corrected chi connectivity index (χ0v) is 23.4. The van der Waals surface area contributed by atoms with E-state index >= 15 is 0 Å². The molecule has 1 aromatic heterocycles. The van der Waals surface area contributed by atoms with Crippen LogP contribution >= 0.6 is 22.9 Å². The Morgan fingerprint density at radius 2 is 1.97 bits per heavy atom. The SMILES string of the molecule is CCC(C)CN(CC(=O)N1CCc2sccc2C1COc1ccc(Cl)c(C)c1)C(=O)Cc1ccccc1. The molecule has 0 radical (unpaired) electrons. The molecule has 0 N–H and O–H groups in total. The van der Waals surface area contributed by atoms with Crippen molar-refractivity contribution in [2.45, 2.75) is 46.1 Å². The standard InChI is InChI=1S/C30H35ClN2O3S/c1-4-21(2)18-32(29(34)17-23-8-6-5-7-9-23)19-30(35)33-14-12-28-25(13-15-37-28)27(33)20-36-24-10-11-26(31)22(3)16-24/h5-11,13,15-16,21,27H,4,12,14,17-20H2,1-3H3. The van der Waals surface area contributed by atoms with Crippen LogP contribution in [-0.2, 0) is 22.4 Å². The van der Waals surface area contributed by atoms with Gasteiger partial charge in [0.25, 0.3) is 0 Å². The molecular weight excluding hydrogens is 504 g/mol. The van der Waals surface area contributed by atoms with Gasteiger partial charge in [-0.25, -0.2) is 0 Å². The van der Waals surface area contributed by atoms with E-state index in [1.807, 2.05) is 60.4 Å². The number of rotatable bonds is 10. The predicted octanol–water partition coefficient (Wildman–Crippen LogP) is 6.33. The van der Waals surface area contributed by atoms with E-state index in [1.54, 1.807) is 16.2 Å². The first-order chi connectivity index (χ1) is 17.9. The molecule has 37 heavy (non-hydrogen) atoms. The first-order valence-electron chi connectivity index (χ1n) is 12.9. The quantitative estimate of drug-likeness (QED) is 0.303. The molecule has 0 spiro atoms. The van der Waals surface area contributed by atoms with E-state index in [0.29, 0.717) is 37.1 Å². The van der Waals surface area contributed by atoms with Crippen LogP contribution in [0, 0.1) is 12.8 Å². The van der Waals surface area contributed by atoms with Gasteiger partial charge in [-0.15, -0.1) is 11.3 Å². The molecule has 2 heterocycles. The van der Waals surface area contributed by atoms with E-state index in [4.69, 9.17) is 16.3 Å². The Morgan fingerprint density at radius 1 is 1.19 bits per heavy atom. The van der Waals surface area contributed by atoms with Crippen LogP contribution in [-0.4, -0.2) is 47.9 Å². The lowest BCUT2D eigenvalue weighted by atomic mass is 10.00. The van der Waals surface area contributed by atoms with E-state index in [9.17, 15) is 9.59 Å². The molecule has 2 unspecified atom stereocenters. The Balaban J connectivity index is 1.51. The largest absolute Gasteiger partial charge is 0.491 e. The fourth-order valence-corrected chi connectivity index (χ4v) is 5.70. The maximum atomic E-state index is 13.7. The van der Waals surface area contributed by atoms with Gasteiger partial charge < -0.3 is 14.5 Å². The molecule has 0 aliphatic carbocycles. The van der Waals surface area contributed by atoms with Gasteiger partial charge in [-0.2, -0.15) is 0 Å². The number of aryl methyl sites for hydroxylation is 1. The molecule has 0 fully saturated rings. The average Bonchev–Trinajstić information content (AvgIpc) is 3.38. The lowest BCUT2D eigenvalue weighted by Crippen LogP contribution is -2.48. The van der Waals surface area contributed by atoms with Crippen LogP contribution in [0.3, 0.4) is 0 Å². The first-order valence-corrected chi connectivity index (χ1v) is 14.2. The molecule has 196 valence electrons. The number of hydrogen-bond donors (Lipinski definition) is 0. The minimum Gasteiger partial charge on any atom is -0.491 e. The summed E-state index contributed by atoms with van der Waals surface area (Å²) in [7, 11) is 0. The van der Waals surface area contributed by atoms with Crippen molar-refractivity contribution in [2.24, 2.45) is 5.92 Å². The number of amides is 2. The van der Waals surface area contributed by atoms with Crippen LogP contribution in [0.4, 0.5) is 0 Å². The predicted molar refractivity (Wildman–Crippen MR) is 150 cm³/mol. The molecule has 3 aromatic rings. The van der Waals surface area contributed by atoms with Crippen LogP contribution < -0.4 is 4.74 Å². The van der Waals surface area contributed by atoms with Crippen molar-refractivity contribution in [3.8, 4) is 5.75 Å². The number of nitrogens with zero attached hydrogens (tertiary/aromatic N) is 2. The second-order valence-electron chi connectivity index (χ2n) is 9.82. The van der Waals surface area contributed by atoms with Crippen molar-refractivity contribution in [3.05, 3.63) is 86.6 Å². The number of fused-ring (bicyclic) bond motifs is 1. The zero-order chi connectivity index (χ0) is 26.4. The summed E-state index contributed by atoms with van der Waals surface area (Å²) < 4.78 is 6.17. The number of benzene rings is 2. The van der Waals surface area contributed by atoms with Gasteiger partial charge in [0.05, 0.1) is 19.0 Å². The van der Waals surface area contributed by atoms with Crippen molar-refractivity contribution in [1.82, 2.24) is 9.80 Å². The number of carbonyl (C=O) groups is 2. The summed E-state index contributed by atoms with van der Waals surface area (Å²) in [5, 5.41) is 2.78. The molecule has 1 aliphatic heterocycles. The van der Waals surface area contributed by atoms with E-state index in [2.05, 4.69) is 25.3 Å². The molecule has 0 saturated carbocycles. The van der Waals surface area contributed by atoms with E-state index < -0.39 is 0 Å². The molecule has 2 amide bonds. The summed E-state index contributed by atoms with van der Waals surface area (Å²) in [4.78, 5) is 32.0. The molecule has 2 atom stereocenters. The van der Waals surface area contributed by atoms with Crippen LogP contribution in [0.1, 0.15) is 47.9 Å². The van der Waals surface area contributed by atoms with Crippen molar-refractivity contribution in [1.29, 1.82) is 0 Å². The Hall–Kier alpha value is -2.83. The normalized spacial score (nSPS) is 15.7. The van der Waals surface area contributed by atoms with Gasteiger partial charge in [-0.3, -0.25) is 9.59 Å². The van der Waals surface area contributed by atoms with Gasteiger partial charge in [0.15, 0.2) is 0 Å². The van der Waals surface area contributed by atoms with Crippen LogP contribution in [0.15, 0.2) is 60.0 Å². The Kier molecular flexibility index (Phi) is 9.28. The number of halogens is 1. The number of thiophene rings is 1. The summed E-state index contributed by atoms with van der Waals surface area (Å²) >= 11 is 7.90. The Labute approximate surface area is 229 Å². The average molecular weight is 539 g/mol. The highest BCUT2D eigenvalue weighted by molar-refractivity contribution is 7.10. The minimum atomic E-state index is -0.201. The maximum Gasteiger partial charge on any atom is 0.242 e. The lowest BCUT2D eigenvalue weighted by molar-refractivity contribution is -0.143. The zero-order valence-electron chi connectivity index (χ0n) is 21.8. The second-order valence-corrected chi connectivity index (χ2v) is 11.2. The van der Waals surface area contributed by atoms with E-state index in [0.717, 1.165) is 35.3 Å². The third-order valence-electron chi connectivity index (χ3n) is 7.06. The fraction of sp³-hybridized carbons (Fsp3) is 0.400. The van der Waals surface area contributed by atoms with Crippen LogP contribution in [0.5, 0.6) is 5.75 Å². The molecule has 0 bridgehead atoms. The van der Waals surface area contributed by atoms with Crippen LogP contribution in [0.25, 0.3) is 0 Å². The Bertz CT molecular complexity index is 1210. The van der Waals surface area contributed by atoms with Gasteiger partial charge in [0.2, 0.25) is 11.8 Å². The van der Waals surface area contributed by atoms with Crippen LogP contribution in [0.2, 0.25) is 5.02 Å². The summed E-state index contributed by atoms with van der Waals surface area (Å²) in [6.45, 7) is 7.78. The van der Waals surface area contributed by atoms with E-state index in [-0.39, 0.29) is 24.4 Å². The minimum absolute atomic E-state index is 0.0162. The molecule has 5 nitrogen and oxygen atoms in total.